The van der Waals surface area contributed by atoms with Gasteiger partial charge in [0.25, 0.3) is 0 Å². The highest BCUT2D eigenvalue weighted by atomic mass is 19.1. The Kier molecular flexibility index (Phi) is 3.47. The first-order valence-corrected chi connectivity index (χ1v) is 4.67. The molecule has 0 bridgehead atoms. The second kappa shape index (κ2) is 4.40. The Labute approximate surface area is 79.8 Å². The van der Waals surface area contributed by atoms with Gasteiger partial charge >= 0.3 is 0 Å². The van der Waals surface area contributed by atoms with Crippen LogP contribution in [0.4, 0.5) is 4.39 Å². The largest absolute Gasteiger partial charge is 0.250 e. The van der Waals surface area contributed by atoms with Crippen molar-refractivity contribution in [2.75, 3.05) is 6.67 Å². The molecule has 1 aromatic carbocycles. The van der Waals surface area contributed by atoms with E-state index in [9.17, 15) is 4.39 Å². The Morgan fingerprint density at radius 3 is 2.62 bits per heavy atom. The fourth-order valence-electron chi connectivity index (χ4n) is 1.47. The molecule has 13 heavy (non-hydrogen) atoms. The Morgan fingerprint density at radius 2 is 2.08 bits per heavy atom. The fraction of sp³-hybridized carbons (Fsp3) is 0.417. The van der Waals surface area contributed by atoms with Crippen molar-refractivity contribution < 1.29 is 4.39 Å². The molecule has 1 aromatic rings. The van der Waals surface area contributed by atoms with Crippen molar-refractivity contribution in [2.24, 2.45) is 0 Å². The molecule has 0 aliphatic rings. The predicted octanol–water partition coefficient (Wildman–Crippen LogP) is 3.47. The molecule has 0 saturated heterocycles. The first-order valence-electron chi connectivity index (χ1n) is 4.67. The molecule has 0 unspecified atom stereocenters. The van der Waals surface area contributed by atoms with Gasteiger partial charge in [-0.3, -0.25) is 4.39 Å². The van der Waals surface area contributed by atoms with Gasteiger partial charge in [-0.05, 0) is 24.5 Å². The van der Waals surface area contributed by atoms with Gasteiger partial charge in [-0.25, -0.2) is 0 Å². The summed E-state index contributed by atoms with van der Waals surface area (Å²) in [5.74, 6) is 0.834. The topological polar surface area (TPSA) is 0 Å². The smallest absolute Gasteiger partial charge is 0.0997 e. The van der Waals surface area contributed by atoms with Gasteiger partial charge < -0.3 is 0 Å². The minimum Gasteiger partial charge on any atom is -0.250 e. The lowest BCUT2D eigenvalue weighted by Gasteiger charge is -2.12. The standard InChI is InChI=1S/C12H16F/c1-4-11-6-5-9(2)7-12(11)10(3)8-13/h5-7H,4,8H2,1-3H3. The summed E-state index contributed by atoms with van der Waals surface area (Å²) in [5, 5.41) is 0. The fourth-order valence-corrected chi connectivity index (χ4v) is 1.47. The van der Waals surface area contributed by atoms with Crippen LogP contribution in [0.15, 0.2) is 18.2 Å². The first-order chi connectivity index (χ1) is 6.19. The average Bonchev–Trinajstić information content (AvgIpc) is 2.16. The molecule has 0 saturated carbocycles. The zero-order chi connectivity index (χ0) is 9.84. The quantitative estimate of drug-likeness (QED) is 0.666. The highest BCUT2D eigenvalue weighted by Crippen LogP contribution is 2.21. The van der Waals surface area contributed by atoms with Crippen LogP contribution in [-0.4, -0.2) is 6.67 Å². The zero-order valence-electron chi connectivity index (χ0n) is 8.52. The van der Waals surface area contributed by atoms with Gasteiger partial charge in [0, 0.05) is 5.92 Å². The third kappa shape index (κ3) is 2.30. The lowest BCUT2D eigenvalue weighted by atomic mass is 9.93. The van der Waals surface area contributed by atoms with E-state index in [4.69, 9.17) is 0 Å². The second-order valence-corrected chi connectivity index (χ2v) is 3.43. The molecule has 1 rings (SSSR count). The van der Waals surface area contributed by atoms with E-state index in [1.165, 1.54) is 11.1 Å². The minimum absolute atomic E-state index is 0.351. The number of aryl methyl sites for hydroxylation is 2. The van der Waals surface area contributed by atoms with Crippen LogP contribution in [0.3, 0.4) is 0 Å². The summed E-state index contributed by atoms with van der Waals surface area (Å²) in [6, 6.07) is 6.23. The normalized spacial score (nSPS) is 10.8. The Morgan fingerprint density at radius 1 is 1.38 bits per heavy atom. The lowest BCUT2D eigenvalue weighted by Crippen LogP contribution is -2.01. The maximum absolute atomic E-state index is 12.5. The molecule has 0 aliphatic carbocycles. The summed E-state index contributed by atoms with van der Waals surface area (Å²) in [7, 11) is 0. The third-order valence-electron chi connectivity index (χ3n) is 2.31. The molecule has 0 nitrogen and oxygen atoms in total. The maximum atomic E-state index is 12.5. The SMILES string of the molecule is CCc1ccc(C)cc1[C](C)CF. The van der Waals surface area contributed by atoms with E-state index in [2.05, 4.69) is 25.1 Å². The molecule has 0 fully saturated rings. The molecular weight excluding hydrogens is 163 g/mol. The van der Waals surface area contributed by atoms with Gasteiger partial charge in [-0.1, -0.05) is 37.6 Å². The summed E-state index contributed by atoms with van der Waals surface area (Å²) < 4.78 is 12.5. The van der Waals surface area contributed by atoms with E-state index in [1.54, 1.807) is 0 Å². The molecule has 0 aliphatic heterocycles. The van der Waals surface area contributed by atoms with Gasteiger partial charge in [-0.15, -0.1) is 0 Å². The van der Waals surface area contributed by atoms with Crippen LogP contribution in [0.25, 0.3) is 0 Å². The summed E-state index contributed by atoms with van der Waals surface area (Å²) in [6.07, 6.45) is 0.965. The second-order valence-electron chi connectivity index (χ2n) is 3.43. The van der Waals surface area contributed by atoms with Crippen molar-refractivity contribution in [1.82, 2.24) is 0 Å². The molecule has 0 amide bonds. The summed E-state index contributed by atoms with van der Waals surface area (Å²) in [4.78, 5) is 0. The van der Waals surface area contributed by atoms with Crippen LogP contribution in [-0.2, 0) is 6.42 Å². The molecule has 0 heterocycles. The summed E-state index contributed by atoms with van der Waals surface area (Å²) in [5.41, 5.74) is 3.52. The van der Waals surface area contributed by atoms with Crippen LogP contribution in [0.5, 0.6) is 0 Å². The Balaban J connectivity index is 3.07. The number of hydrogen-bond donors (Lipinski definition) is 0. The highest BCUT2D eigenvalue weighted by Gasteiger charge is 2.09. The monoisotopic (exact) mass is 179 g/mol. The van der Waals surface area contributed by atoms with E-state index in [1.807, 2.05) is 13.8 Å². The average molecular weight is 179 g/mol. The number of hydrogen-bond acceptors (Lipinski definition) is 0. The summed E-state index contributed by atoms with van der Waals surface area (Å²) in [6.45, 7) is 5.64. The Hall–Kier alpha value is -0.850. The van der Waals surface area contributed by atoms with E-state index < -0.39 is 0 Å². The predicted molar refractivity (Wildman–Crippen MR) is 54.6 cm³/mol. The highest BCUT2D eigenvalue weighted by molar-refractivity contribution is 5.40. The van der Waals surface area contributed by atoms with Crippen molar-refractivity contribution in [3.63, 3.8) is 0 Å². The van der Waals surface area contributed by atoms with E-state index in [0.29, 0.717) is 0 Å². The number of benzene rings is 1. The van der Waals surface area contributed by atoms with E-state index in [-0.39, 0.29) is 6.67 Å². The molecule has 0 spiro atoms. The van der Waals surface area contributed by atoms with Gasteiger partial charge in [0.2, 0.25) is 0 Å². The molecule has 71 valence electrons. The molecule has 1 radical (unpaired) electrons. The van der Waals surface area contributed by atoms with Crippen molar-refractivity contribution in [3.8, 4) is 0 Å². The van der Waals surface area contributed by atoms with E-state index in [0.717, 1.165) is 17.9 Å². The van der Waals surface area contributed by atoms with Crippen molar-refractivity contribution in [2.45, 2.75) is 27.2 Å². The number of rotatable bonds is 3. The molecule has 1 heteroatoms. The van der Waals surface area contributed by atoms with Crippen molar-refractivity contribution >= 4 is 0 Å². The van der Waals surface area contributed by atoms with Crippen LogP contribution < -0.4 is 0 Å². The lowest BCUT2D eigenvalue weighted by molar-refractivity contribution is 0.515. The van der Waals surface area contributed by atoms with Crippen molar-refractivity contribution in [3.05, 3.63) is 40.8 Å². The third-order valence-corrected chi connectivity index (χ3v) is 2.31. The Bertz CT molecular complexity index is 278. The number of halogens is 1. The maximum Gasteiger partial charge on any atom is 0.0997 e. The van der Waals surface area contributed by atoms with Gasteiger partial charge in [0.15, 0.2) is 0 Å². The van der Waals surface area contributed by atoms with Crippen LogP contribution in [0.1, 0.15) is 30.5 Å². The van der Waals surface area contributed by atoms with Crippen LogP contribution >= 0.6 is 0 Å². The van der Waals surface area contributed by atoms with Gasteiger partial charge in [0.1, 0.15) is 0 Å². The molecule has 0 aromatic heterocycles. The molecule has 0 atom stereocenters. The van der Waals surface area contributed by atoms with Crippen LogP contribution in [0.2, 0.25) is 0 Å². The summed E-state index contributed by atoms with van der Waals surface area (Å²) >= 11 is 0. The molecule has 0 N–H and O–H groups in total. The minimum atomic E-state index is -0.351. The van der Waals surface area contributed by atoms with Crippen LogP contribution in [0, 0.1) is 12.8 Å². The first kappa shape index (κ1) is 10.2. The van der Waals surface area contributed by atoms with E-state index >= 15 is 0 Å². The molecular formula is C12H16F. The zero-order valence-corrected chi connectivity index (χ0v) is 8.52. The van der Waals surface area contributed by atoms with Crippen molar-refractivity contribution in [1.29, 1.82) is 0 Å². The van der Waals surface area contributed by atoms with Gasteiger partial charge in [0.05, 0.1) is 6.67 Å². The van der Waals surface area contributed by atoms with Gasteiger partial charge in [-0.2, -0.15) is 0 Å². The number of alkyl halides is 1.